The number of aromatic nitrogens is 1. The Labute approximate surface area is 101 Å². The van der Waals surface area contributed by atoms with Crippen LogP contribution in [-0.4, -0.2) is 10.9 Å². The zero-order valence-corrected chi connectivity index (χ0v) is 9.94. The molecule has 0 fully saturated rings. The molecule has 2 rings (SSSR count). The van der Waals surface area contributed by atoms with Gasteiger partial charge in [0.05, 0.1) is 11.2 Å². The molecule has 0 aliphatic carbocycles. The SMILES string of the molecule is CCCCC(=O)Nc1cccc2ncccc12. The first-order chi connectivity index (χ1) is 8.31. The van der Waals surface area contributed by atoms with Crippen LogP contribution in [0.1, 0.15) is 26.2 Å². The van der Waals surface area contributed by atoms with Crippen molar-refractivity contribution < 1.29 is 4.79 Å². The third-order valence-electron chi connectivity index (χ3n) is 2.68. The topological polar surface area (TPSA) is 42.0 Å². The Kier molecular flexibility index (Phi) is 3.70. The Balaban J connectivity index is 2.21. The molecular weight excluding hydrogens is 212 g/mol. The summed E-state index contributed by atoms with van der Waals surface area (Å²) in [5.74, 6) is 0.0724. The average Bonchev–Trinajstić information content (AvgIpc) is 2.37. The molecule has 0 atom stereocenters. The van der Waals surface area contributed by atoms with Gasteiger partial charge in [0.2, 0.25) is 5.91 Å². The Hall–Kier alpha value is -1.90. The number of fused-ring (bicyclic) bond motifs is 1. The molecule has 1 aromatic carbocycles. The number of pyridine rings is 1. The quantitative estimate of drug-likeness (QED) is 0.871. The Morgan fingerprint density at radius 1 is 1.29 bits per heavy atom. The van der Waals surface area contributed by atoms with E-state index in [1.54, 1.807) is 6.20 Å². The minimum absolute atomic E-state index is 0.0724. The summed E-state index contributed by atoms with van der Waals surface area (Å²) in [6.45, 7) is 2.08. The standard InChI is InChI=1S/C14H16N2O/c1-2-3-9-14(17)16-13-8-4-7-12-11(13)6-5-10-15-12/h4-8,10H,2-3,9H2,1H3,(H,16,17). The van der Waals surface area contributed by atoms with Crippen molar-refractivity contribution in [2.24, 2.45) is 0 Å². The van der Waals surface area contributed by atoms with Crippen molar-refractivity contribution in [2.45, 2.75) is 26.2 Å². The van der Waals surface area contributed by atoms with Crippen molar-refractivity contribution in [1.82, 2.24) is 4.98 Å². The zero-order valence-electron chi connectivity index (χ0n) is 9.94. The van der Waals surface area contributed by atoms with Crippen molar-refractivity contribution >= 4 is 22.5 Å². The molecule has 1 N–H and O–H groups in total. The van der Waals surface area contributed by atoms with Crippen molar-refractivity contribution in [3.8, 4) is 0 Å². The predicted molar refractivity (Wildman–Crippen MR) is 69.9 cm³/mol. The monoisotopic (exact) mass is 228 g/mol. The van der Waals surface area contributed by atoms with E-state index in [2.05, 4.69) is 17.2 Å². The maximum atomic E-state index is 11.7. The van der Waals surface area contributed by atoms with Crippen LogP contribution in [-0.2, 0) is 4.79 Å². The zero-order chi connectivity index (χ0) is 12.1. The van der Waals surface area contributed by atoms with Crippen LogP contribution < -0.4 is 5.32 Å². The number of benzene rings is 1. The molecule has 1 aromatic heterocycles. The van der Waals surface area contributed by atoms with Gasteiger partial charge in [-0.1, -0.05) is 19.4 Å². The molecule has 3 nitrogen and oxygen atoms in total. The second kappa shape index (κ2) is 5.43. The maximum absolute atomic E-state index is 11.7. The average molecular weight is 228 g/mol. The van der Waals surface area contributed by atoms with Crippen molar-refractivity contribution in [3.63, 3.8) is 0 Å². The van der Waals surface area contributed by atoms with Gasteiger partial charge >= 0.3 is 0 Å². The predicted octanol–water partition coefficient (Wildman–Crippen LogP) is 3.36. The highest BCUT2D eigenvalue weighted by Crippen LogP contribution is 2.21. The molecule has 0 radical (unpaired) electrons. The summed E-state index contributed by atoms with van der Waals surface area (Å²) < 4.78 is 0. The lowest BCUT2D eigenvalue weighted by Crippen LogP contribution is -2.11. The van der Waals surface area contributed by atoms with E-state index in [4.69, 9.17) is 0 Å². The van der Waals surface area contributed by atoms with Crippen molar-refractivity contribution in [2.75, 3.05) is 5.32 Å². The van der Waals surface area contributed by atoms with E-state index in [0.29, 0.717) is 6.42 Å². The van der Waals surface area contributed by atoms with Crippen LogP contribution in [0.2, 0.25) is 0 Å². The minimum Gasteiger partial charge on any atom is -0.325 e. The number of nitrogens with zero attached hydrogens (tertiary/aromatic N) is 1. The Morgan fingerprint density at radius 2 is 2.18 bits per heavy atom. The molecule has 0 aliphatic rings. The van der Waals surface area contributed by atoms with E-state index in [9.17, 15) is 4.79 Å². The Morgan fingerprint density at radius 3 is 3.00 bits per heavy atom. The number of hydrogen-bond acceptors (Lipinski definition) is 2. The fourth-order valence-electron chi connectivity index (χ4n) is 1.76. The smallest absolute Gasteiger partial charge is 0.224 e. The van der Waals surface area contributed by atoms with E-state index in [-0.39, 0.29) is 5.91 Å². The summed E-state index contributed by atoms with van der Waals surface area (Å²) >= 11 is 0. The highest BCUT2D eigenvalue weighted by atomic mass is 16.1. The molecular formula is C14H16N2O. The fraction of sp³-hybridized carbons (Fsp3) is 0.286. The van der Waals surface area contributed by atoms with Gasteiger partial charge in [-0.15, -0.1) is 0 Å². The highest BCUT2D eigenvalue weighted by molar-refractivity contribution is 6.00. The van der Waals surface area contributed by atoms with Crippen molar-refractivity contribution in [3.05, 3.63) is 36.5 Å². The molecule has 1 heterocycles. The Bertz CT molecular complexity index is 517. The minimum atomic E-state index is 0.0724. The molecule has 0 aliphatic heterocycles. The number of carbonyl (C=O) groups is 1. The normalized spacial score (nSPS) is 10.4. The van der Waals surface area contributed by atoms with Crippen LogP contribution in [0.15, 0.2) is 36.5 Å². The molecule has 17 heavy (non-hydrogen) atoms. The summed E-state index contributed by atoms with van der Waals surface area (Å²) in [6.07, 6.45) is 4.29. The van der Waals surface area contributed by atoms with E-state index in [0.717, 1.165) is 29.4 Å². The van der Waals surface area contributed by atoms with Crippen LogP contribution >= 0.6 is 0 Å². The lowest BCUT2D eigenvalue weighted by atomic mass is 10.1. The first-order valence-corrected chi connectivity index (χ1v) is 5.95. The van der Waals surface area contributed by atoms with Crippen LogP contribution in [0.25, 0.3) is 10.9 Å². The number of nitrogens with one attached hydrogen (secondary N) is 1. The van der Waals surface area contributed by atoms with E-state index in [1.807, 2.05) is 30.3 Å². The third-order valence-corrected chi connectivity index (χ3v) is 2.68. The summed E-state index contributed by atoms with van der Waals surface area (Å²) in [7, 11) is 0. The largest absolute Gasteiger partial charge is 0.325 e. The van der Waals surface area contributed by atoms with Gasteiger partial charge in [-0.05, 0) is 30.7 Å². The summed E-state index contributed by atoms with van der Waals surface area (Å²) in [4.78, 5) is 15.9. The number of anilines is 1. The number of carbonyl (C=O) groups excluding carboxylic acids is 1. The number of hydrogen-bond donors (Lipinski definition) is 1. The molecule has 0 saturated heterocycles. The first kappa shape index (κ1) is 11.6. The summed E-state index contributed by atoms with van der Waals surface area (Å²) in [5.41, 5.74) is 1.75. The molecule has 0 saturated carbocycles. The van der Waals surface area contributed by atoms with Gasteiger partial charge in [0.1, 0.15) is 0 Å². The molecule has 0 bridgehead atoms. The maximum Gasteiger partial charge on any atom is 0.224 e. The lowest BCUT2D eigenvalue weighted by Gasteiger charge is -2.07. The summed E-state index contributed by atoms with van der Waals surface area (Å²) in [5, 5.41) is 3.93. The second-order valence-electron chi connectivity index (χ2n) is 4.03. The van der Waals surface area contributed by atoms with Gasteiger partial charge in [0.15, 0.2) is 0 Å². The van der Waals surface area contributed by atoms with Gasteiger partial charge in [-0.2, -0.15) is 0 Å². The molecule has 88 valence electrons. The fourth-order valence-corrected chi connectivity index (χ4v) is 1.76. The van der Waals surface area contributed by atoms with Crippen molar-refractivity contribution in [1.29, 1.82) is 0 Å². The van der Waals surface area contributed by atoms with Crippen LogP contribution in [0.5, 0.6) is 0 Å². The van der Waals surface area contributed by atoms with Gasteiger partial charge < -0.3 is 5.32 Å². The molecule has 3 heteroatoms. The van der Waals surface area contributed by atoms with Crippen LogP contribution in [0, 0.1) is 0 Å². The molecule has 0 unspecified atom stereocenters. The van der Waals surface area contributed by atoms with Gasteiger partial charge in [-0.25, -0.2) is 0 Å². The molecule has 1 amide bonds. The second-order valence-corrected chi connectivity index (χ2v) is 4.03. The van der Waals surface area contributed by atoms with Crippen LogP contribution in [0.3, 0.4) is 0 Å². The van der Waals surface area contributed by atoms with Crippen LogP contribution in [0.4, 0.5) is 5.69 Å². The molecule has 2 aromatic rings. The number of amides is 1. The van der Waals surface area contributed by atoms with E-state index >= 15 is 0 Å². The van der Waals surface area contributed by atoms with Gasteiger partial charge in [-0.3, -0.25) is 9.78 Å². The van der Waals surface area contributed by atoms with Gasteiger partial charge in [0.25, 0.3) is 0 Å². The van der Waals surface area contributed by atoms with E-state index in [1.165, 1.54) is 0 Å². The lowest BCUT2D eigenvalue weighted by molar-refractivity contribution is -0.116. The summed E-state index contributed by atoms with van der Waals surface area (Å²) in [6, 6.07) is 9.61. The first-order valence-electron chi connectivity index (χ1n) is 5.95. The van der Waals surface area contributed by atoms with Gasteiger partial charge in [0, 0.05) is 18.0 Å². The van der Waals surface area contributed by atoms with E-state index < -0.39 is 0 Å². The number of unbranched alkanes of at least 4 members (excludes halogenated alkanes) is 1. The number of rotatable bonds is 4. The third kappa shape index (κ3) is 2.81. The molecule has 0 spiro atoms. The highest BCUT2D eigenvalue weighted by Gasteiger charge is 2.05.